The Balaban J connectivity index is 1.86. The number of non-ortho nitro benzene ring substituents is 1. The van der Waals surface area contributed by atoms with Crippen molar-refractivity contribution < 1.29 is 9.72 Å². The molecule has 0 atom stereocenters. The zero-order valence-corrected chi connectivity index (χ0v) is 22.3. The highest BCUT2D eigenvalue weighted by atomic mass is 32.2. The van der Waals surface area contributed by atoms with Crippen LogP contribution in [0.1, 0.15) is 12.5 Å². The zero-order chi connectivity index (χ0) is 26.5. The fourth-order valence-electron chi connectivity index (χ4n) is 4.59. The lowest BCUT2D eigenvalue weighted by atomic mass is 10.2. The maximum absolute atomic E-state index is 14.2. The predicted molar refractivity (Wildman–Crippen MR) is 160 cm³/mol. The number of rotatable bonds is 6. The van der Waals surface area contributed by atoms with Gasteiger partial charge >= 0.3 is 0 Å². The quantitative estimate of drug-likeness (QED) is 0.192. The van der Waals surface area contributed by atoms with Crippen molar-refractivity contribution in [1.82, 2.24) is 0 Å². The van der Waals surface area contributed by atoms with Gasteiger partial charge in [-0.3, -0.25) is 14.9 Å². The van der Waals surface area contributed by atoms with Gasteiger partial charge in [0.1, 0.15) is 5.04 Å². The standard InChI is InChI=1S/C30H24N3O3PS/c1-2-38-30-27(29(34)31-28(32-30)22-18-20-23(21-19-22)33(35)36)37(24-12-6-3-7-13-24,25-14-8-4-9-15-25)26-16-10-5-11-17-26/h3-21H,2H2,1H3. The van der Waals surface area contributed by atoms with Crippen molar-refractivity contribution in [2.75, 3.05) is 5.75 Å². The monoisotopic (exact) mass is 537 g/mol. The van der Waals surface area contributed by atoms with Crippen LogP contribution >= 0.6 is 18.6 Å². The van der Waals surface area contributed by atoms with Gasteiger partial charge in [0.25, 0.3) is 11.6 Å². The van der Waals surface area contributed by atoms with Crippen LogP contribution in [0.3, 0.4) is 0 Å². The van der Waals surface area contributed by atoms with Crippen LogP contribution in [0, 0.1) is 10.1 Å². The van der Waals surface area contributed by atoms with Crippen LogP contribution in [0.25, 0.3) is 0 Å². The molecule has 0 aliphatic carbocycles. The summed E-state index contributed by atoms with van der Waals surface area (Å²) in [6.07, 6.45) is 0. The molecule has 1 amide bonds. The van der Waals surface area contributed by atoms with Crippen molar-refractivity contribution in [2.45, 2.75) is 6.92 Å². The molecule has 38 heavy (non-hydrogen) atoms. The van der Waals surface area contributed by atoms with E-state index in [1.165, 1.54) is 23.9 Å². The molecule has 188 valence electrons. The van der Waals surface area contributed by atoms with Gasteiger partial charge in [0, 0.05) is 17.7 Å². The first kappa shape index (κ1) is 25.6. The molecule has 6 nitrogen and oxygen atoms in total. The third-order valence-electron chi connectivity index (χ3n) is 6.20. The highest BCUT2D eigenvalue weighted by molar-refractivity contribution is 8.18. The van der Waals surface area contributed by atoms with E-state index in [-0.39, 0.29) is 17.4 Å². The number of amides is 1. The molecular weight excluding hydrogens is 513 g/mol. The summed E-state index contributed by atoms with van der Waals surface area (Å²) < 4.78 is 0. The second kappa shape index (κ2) is 11.1. The van der Waals surface area contributed by atoms with Crippen molar-refractivity contribution >= 4 is 62.3 Å². The number of nitro benzene ring substituents is 1. The Morgan fingerprint density at radius 1 is 0.737 bits per heavy atom. The van der Waals surface area contributed by atoms with Crippen LogP contribution in [0.2, 0.25) is 0 Å². The van der Waals surface area contributed by atoms with Gasteiger partial charge in [-0.15, -0.1) is 11.8 Å². The largest absolute Gasteiger partial charge is 0.282 e. The Labute approximate surface area is 225 Å². The van der Waals surface area contributed by atoms with E-state index < -0.39 is 11.8 Å². The van der Waals surface area contributed by atoms with E-state index >= 15 is 0 Å². The van der Waals surface area contributed by atoms with Gasteiger partial charge < -0.3 is 0 Å². The normalized spacial score (nSPS) is 13.6. The van der Waals surface area contributed by atoms with E-state index in [0.717, 1.165) is 15.9 Å². The molecule has 0 saturated carbocycles. The van der Waals surface area contributed by atoms with Crippen molar-refractivity contribution in [3.05, 3.63) is 131 Å². The smallest absolute Gasteiger partial charge is 0.267 e. The molecule has 0 N–H and O–H groups in total. The Kier molecular flexibility index (Phi) is 7.50. The van der Waals surface area contributed by atoms with Crippen LogP contribution in [0.4, 0.5) is 5.69 Å². The molecule has 0 spiro atoms. The summed E-state index contributed by atoms with van der Waals surface area (Å²) in [5.41, 5.74) is 0.526. The van der Waals surface area contributed by atoms with Crippen molar-refractivity contribution in [1.29, 1.82) is 0 Å². The second-order valence-corrected chi connectivity index (χ2v) is 13.0. The van der Waals surface area contributed by atoms with E-state index in [9.17, 15) is 14.9 Å². The number of benzene rings is 4. The number of carbonyl (C=O) groups is 1. The summed E-state index contributed by atoms with van der Waals surface area (Å²) in [6.45, 7) is -0.662. The molecule has 1 aliphatic heterocycles. The third kappa shape index (κ3) is 4.67. The van der Waals surface area contributed by atoms with Gasteiger partial charge in [-0.2, -0.15) is 4.99 Å². The molecule has 1 heterocycles. The third-order valence-corrected chi connectivity index (χ3v) is 11.5. The highest BCUT2D eigenvalue weighted by Gasteiger charge is 2.37. The van der Waals surface area contributed by atoms with Gasteiger partial charge in [-0.1, -0.05) is 97.9 Å². The first-order chi connectivity index (χ1) is 18.6. The first-order valence-electron chi connectivity index (χ1n) is 12.1. The molecule has 0 radical (unpaired) electrons. The van der Waals surface area contributed by atoms with Crippen LogP contribution < -0.4 is 15.9 Å². The summed E-state index contributed by atoms with van der Waals surface area (Å²) in [6, 6.07) is 36.4. The Morgan fingerprint density at radius 2 is 1.21 bits per heavy atom. The molecule has 5 rings (SSSR count). The number of amidine groups is 1. The molecule has 4 aromatic carbocycles. The number of thioether (sulfide) groups is 1. The average molecular weight is 538 g/mol. The molecular formula is C30H24N3O3PS. The number of nitro groups is 1. The lowest BCUT2D eigenvalue weighted by Gasteiger charge is -2.33. The molecule has 1 aliphatic rings. The Hall–Kier alpha value is -4.06. The zero-order valence-electron chi connectivity index (χ0n) is 20.6. The van der Waals surface area contributed by atoms with E-state index in [4.69, 9.17) is 4.99 Å². The van der Waals surface area contributed by atoms with Crippen molar-refractivity contribution in [3.63, 3.8) is 0 Å². The van der Waals surface area contributed by atoms with Crippen LogP contribution in [0.5, 0.6) is 0 Å². The fourth-order valence-corrected chi connectivity index (χ4v) is 10.0. The second-order valence-electron chi connectivity index (χ2n) is 8.42. The molecule has 4 aromatic rings. The summed E-state index contributed by atoms with van der Waals surface area (Å²) in [5, 5.41) is 15.5. The van der Waals surface area contributed by atoms with E-state index in [0.29, 0.717) is 21.7 Å². The number of carbonyl (C=O) groups excluding carboxylic acids is 1. The lowest BCUT2D eigenvalue weighted by Crippen LogP contribution is -2.38. The summed E-state index contributed by atoms with van der Waals surface area (Å²) in [5.74, 6) is 0.632. The SMILES string of the molecule is CCSC1=NC(c2ccc([N+](=O)[O-])cc2)=NC(=O)C1=P(c1ccccc1)(c1ccccc1)c1ccccc1. The van der Waals surface area contributed by atoms with Gasteiger partial charge in [0.15, 0.2) is 5.84 Å². The van der Waals surface area contributed by atoms with Gasteiger partial charge in [0.05, 0.1) is 10.2 Å². The van der Waals surface area contributed by atoms with Crippen molar-refractivity contribution in [2.24, 2.45) is 9.98 Å². The minimum atomic E-state index is -2.69. The number of nitrogens with zero attached hydrogens (tertiary/aromatic N) is 3. The minimum Gasteiger partial charge on any atom is -0.267 e. The van der Waals surface area contributed by atoms with Gasteiger partial charge in [0.2, 0.25) is 0 Å². The maximum atomic E-state index is 14.2. The summed E-state index contributed by atoms with van der Waals surface area (Å²) in [4.78, 5) is 34.3. The molecule has 8 heteroatoms. The summed E-state index contributed by atoms with van der Waals surface area (Å²) in [7, 11) is 0. The summed E-state index contributed by atoms with van der Waals surface area (Å²) >= 11 is 1.51. The van der Waals surface area contributed by atoms with Crippen LogP contribution in [0.15, 0.2) is 125 Å². The molecule has 0 fully saturated rings. The number of hydrogen-bond acceptors (Lipinski definition) is 5. The molecule has 0 saturated heterocycles. The van der Waals surface area contributed by atoms with E-state index in [1.54, 1.807) is 12.1 Å². The van der Waals surface area contributed by atoms with Gasteiger partial charge in [-0.25, -0.2) is 4.99 Å². The average Bonchev–Trinajstić information content (AvgIpc) is 2.96. The highest BCUT2D eigenvalue weighted by Crippen LogP contribution is 2.48. The van der Waals surface area contributed by atoms with Crippen LogP contribution in [-0.2, 0) is 4.79 Å². The fraction of sp³-hybridized carbons (Fsp3) is 0.0667. The molecule has 0 bridgehead atoms. The maximum Gasteiger partial charge on any atom is 0.282 e. The first-order valence-corrected chi connectivity index (χ1v) is 14.9. The lowest BCUT2D eigenvalue weighted by molar-refractivity contribution is -0.384. The minimum absolute atomic E-state index is 0.0296. The molecule has 0 aromatic heterocycles. The van der Waals surface area contributed by atoms with Crippen molar-refractivity contribution in [3.8, 4) is 0 Å². The molecule has 0 unspecified atom stereocenters. The van der Waals surface area contributed by atoms with E-state index in [1.807, 2.05) is 61.5 Å². The number of hydrogen-bond donors (Lipinski definition) is 0. The van der Waals surface area contributed by atoms with Crippen LogP contribution in [-0.4, -0.2) is 32.8 Å². The Bertz CT molecular complexity index is 1500. The van der Waals surface area contributed by atoms with E-state index in [2.05, 4.69) is 41.4 Å². The van der Waals surface area contributed by atoms with Gasteiger partial charge in [-0.05, 0) is 40.7 Å². The Morgan fingerprint density at radius 3 is 1.63 bits per heavy atom. The predicted octanol–water partition coefficient (Wildman–Crippen LogP) is 5.20. The number of aliphatic imine (C=N–C) groups is 2. The topological polar surface area (TPSA) is 84.9 Å².